The number of hydrogen-bond donors (Lipinski definition) is 4. The first-order valence-electron chi connectivity index (χ1n) is 11.0. The van der Waals surface area contributed by atoms with Crippen molar-refractivity contribution in [2.24, 2.45) is 5.92 Å². The zero-order valence-corrected chi connectivity index (χ0v) is 18.7. The van der Waals surface area contributed by atoms with Crippen LogP contribution in [0.5, 0.6) is 0 Å². The van der Waals surface area contributed by atoms with Gasteiger partial charge in [0.2, 0.25) is 5.91 Å². The molecule has 2 atom stereocenters. The van der Waals surface area contributed by atoms with Gasteiger partial charge in [0, 0.05) is 22.8 Å². The van der Waals surface area contributed by atoms with E-state index < -0.39 is 12.1 Å². The highest BCUT2D eigenvalue weighted by atomic mass is 16.2. The summed E-state index contributed by atoms with van der Waals surface area (Å²) in [5, 5.41) is 16.1. The van der Waals surface area contributed by atoms with Gasteiger partial charge in [-0.2, -0.15) is 5.26 Å². The number of carbonyl (C=O) groups is 2. The number of carbonyl (C=O) groups excluding carboxylic acids is 2. The Hall–Kier alpha value is -3.60. The van der Waals surface area contributed by atoms with Crippen LogP contribution < -0.4 is 10.6 Å². The van der Waals surface area contributed by atoms with Gasteiger partial charge in [0.15, 0.2) is 0 Å². The van der Waals surface area contributed by atoms with Gasteiger partial charge >= 0.3 is 0 Å². The van der Waals surface area contributed by atoms with Crippen molar-refractivity contribution in [1.29, 1.82) is 5.26 Å². The number of aromatic amines is 2. The number of hydrogen-bond acceptors (Lipinski definition) is 4. The first-order chi connectivity index (χ1) is 15.4. The lowest BCUT2D eigenvalue weighted by molar-refractivity contribution is -0.123. The molecule has 0 fully saturated rings. The molecule has 2 heterocycles. The van der Waals surface area contributed by atoms with Gasteiger partial charge in [0.05, 0.1) is 12.4 Å². The quantitative estimate of drug-likeness (QED) is 0.391. The van der Waals surface area contributed by atoms with Crippen molar-refractivity contribution in [1.82, 2.24) is 25.6 Å². The highest BCUT2D eigenvalue weighted by molar-refractivity contribution is 6.00. The zero-order valence-electron chi connectivity index (χ0n) is 18.7. The average Bonchev–Trinajstić information content (AvgIpc) is 3.45. The molecule has 32 heavy (non-hydrogen) atoms. The summed E-state index contributed by atoms with van der Waals surface area (Å²) in [5.41, 5.74) is 3.36. The molecule has 0 aliphatic carbocycles. The predicted octanol–water partition coefficient (Wildman–Crippen LogP) is 3.24. The van der Waals surface area contributed by atoms with Crippen LogP contribution >= 0.6 is 0 Å². The molecule has 0 bridgehead atoms. The largest absolute Gasteiger partial charge is 0.351 e. The Labute approximate surface area is 187 Å². The van der Waals surface area contributed by atoms with Crippen molar-refractivity contribution in [2.45, 2.75) is 58.5 Å². The van der Waals surface area contributed by atoms with E-state index in [2.05, 4.69) is 38.6 Å². The molecule has 0 aliphatic rings. The molecular weight excluding hydrogens is 404 g/mol. The fraction of sp³-hybridized carbons (Fsp3) is 0.417. The van der Waals surface area contributed by atoms with E-state index in [9.17, 15) is 14.9 Å². The summed E-state index contributed by atoms with van der Waals surface area (Å²) < 4.78 is 0. The smallest absolute Gasteiger partial charge is 0.268 e. The van der Waals surface area contributed by atoms with E-state index >= 15 is 0 Å². The minimum Gasteiger partial charge on any atom is -0.351 e. The summed E-state index contributed by atoms with van der Waals surface area (Å²) in [6.45, 7) is 6.05. The number of fused-ring (bicyclic) bond motifs is 1. The number of aromatic nitrogens is 3. The third-order valence-corrected chi connectivity index (χ3v) is 5.44. The van der Waals surface area contributed by atoms with Crippen molar-refractivity contribution in [2.75, 3.05) is 0 Å². The molecule has 0 aliphatic heterocycles. The van der Waals surface area contributed by atoms with Crippen molar-refractivity contribution < 1.29 is 9.59 Å². The van der Waals surface area contributed by atoms with Gasteiger partial charge in [-0.15, -0.1) is 0 Å². The molecule has 0 saturated heterocycles. The monoisotopic (exact) mass is 434 g/mol. The lowest BCUT2D eigenvalue weighted by atomic mass is 10.0. The number of aryl methyl sites for hydroxylation is 2. The van der Waals surface area contributed by atoms with E-state index in [0.29, 0.717) is 25.0 Å². The molecule has 3 rings (SSSR count). The lowest BCUT2D eigenvalue weighted by Gasteiger charge is -2.21. The van der Waals surface area contributed by atoms with Gasteiger partial charge in [-0.05, 0) is 49.3 Å². The van der Waals surface area contributed by atoms with Crippen molar-refractivity contribution in [3.63, 3.8) is 0 Å². The van der Waals surface area contributed by atoms with E-state index in [4.69, 9.17) is 0 Å². The molecule has 4 N–H and O–H groups in total. The second kappa shape index (κ2) is 10.6. The first-order valence-corrected chi connectivity index (χ1v) is 11.0. The molecule has 0 saturated carbocycles. The molecule has 3 aromatic rings. The molecule has 0 radical (unpaired) electrons. The lowest BCUT2D eigenvalue weighted by Crippen LogP contribution is -2.50. The highest BCUT2D eigenvalue weighted by Gasteiger charge is 2.25. The number of nitriles is 1. The first kappa shape index (κ1) is 23.1. The van der Waals surface area contributed by atoms with Crippen molar-refractivity contribution in [3.8, 4) is 6.07 Å². The van der Waals surface area contributed by atoms with E-state index in [1.54, 1.807) is 12.5 Å². The Balaban J connectivity index is 1.69. The normalized spacial score (nSPS) is 13.0. The third-order valence-electron chi connectivity index (χ3n) is 5.44. The fourth-order valence-electron chi connectivity index (χ4n) is 3.75. The maximum atomic E-state index is 12.9. The minimum absolute atomic E-state index is 0.186. The SMILES string of the molecule is CCc1cccc2[nH]c(C(=O)N[C@@H](CC(C)C)C(=O)N[C@H](C#N)CCc3cnc[nH]3)cc12. The van der Waals surface area contributed by atoms with E-state index in [0.717, 1.165) is 28.6 Å². The number of nitrogens with one attached hydrogen (secondary N) is 4. The number of nitrogens with zero attached hydrogens (tertiary/aromatic N) is 2. The van der Waals surface area contributed by atoms with Crippen LogP contribution in [0, 0.1) is 17.2 Å². The Morgan fingerprint density at radius 3 is 2.72 bits per heavy atom. The molecule has 8 nitrogen and oxygen atoms in total. The van der Waals surface area contributed by atoms with E-state index in [-0.39, 0.29) is 17.7 Å². The summed E-state index contributed by atoms with van der Waals surface area (Å²) in [6, 6.07) is 8.50. The number of amides is 2. The molecule has 8 heteroatoms. The Morgan fingerprint density at radius 1 is 1.25 bits per heavy atom. The second-order valence-corrected chi connectivity index (χ2v) is 8.38. The number of imidazole rings is 1. The summed E-state index contributed by atoms with van der Waals surface area (Å²) in [6.07, 6.45) is 5.65. The maximum absolute atomic E-state index is 12.9. The zero-order chi connectivity index (χ0) is 23.1. The van der Waals surface area contributed by atoms with Crippen LogP contribution in [-0.4, -0.2) is 38.8 Å². The molecule has 0 spiro atoms. The predicted molar refractivity (Wildman–Crippen MR) is 123 cm³/mol. The Bertz CT molecular complexity index is 1090. The average molecular weight is 435 g/mol. The summed E-state index contributed by atoms with van der Waals surface area (Å²) >= 11 is 0. The van der Waals surface area contributed by atoms with Crippen LogP contribution in [0.25, 0.3) is 10.9 Å². The van der Waals surface area contributed by atoms with Gasteiger partial charge in [-0.3, -0.25) is 9.59 Å². The topological polar surface area (TPSA) is 126 Å². The van der Waals surface area contributed by atoms with Crippen LogP contribution in [0.3, 0.4) is 0 Å². The van der Waals surface area contributed by atoms with Crippen molar-refractivity contribution in [3.05, 3.63) is 53.7 Å². The molecule has 0 unspecified atom stereocenters. The fourth-order valence-corrected chi connectivity index (χ4v) is 3.75. The molecule has 168 valence electrons. The minimum atomic E-state index is -0.734. The van der Waals surface area contributed by atoms with Crippen LogP contribution in [0.1, 0.15) is 55.4 Å². The molecule has 2 aromatic heterocycles. The standard InChI is InChI=1S/C24H30N6O2/c1-4-16-6-5-7-20-19(16)11-22(29-20)24(32)30-21(10-15(2)3)23(31)28-17(12-25)8-9-18-13-26-14-27-18/h5-7,11,13-15,17,21,29H,4,8-10H2,1-3H3,(H,26,27)(H,28,31)(H,30,32)/t17-,21-/m0/s1. The van der Waals surface area contributed by atoms with Crippen molar-refractivity contribution >= 4 is 22.7 Å². The molecule has 2 amide bonds. The number of H-pyrrole nitrogens is 2. The summed E-state index contributed by atoms with van der Waals surface area (Å²) in [4.78, 5) is 36.0. The number of rotatable bonds is 10. The molecule has 1 aromatic carbocycles. The Kier molecular flexibility index (Phi) is 7.66. The van der Waals surface area contributed by atoms with Gasteiger partial charge in [0.1, 0.15) is 17.8 Å². The van der Waals surface area contributed by atoms with E-state index in [1.165, 1.54) is 0 Å². The maximum Gasteiger partial charge on any atom is 0.268 e. The highest BCUT2D eigenvalue weighted by Crippen LogP contribution is 2.20. The van der Waals surface area contributed by atoms with Gasteiger partial charge in [0.25, 0.3) is 5.91 Å². The van der Waals surface area contributed by atoms with Crippen LogP contribution in [0.2, 0.25) is 0 Å². The molecular formula is C24H30N6O2. The van der Waals surface area contributed by atoms with E-state index in [1.807, 2.05) is 38.1 Å². The summed E-state index contributed by atoms with van der Waals surface area (Å²) in [7, 11) is 0. The van der Waals surface area contributed by atoms with Crippen LogP contribution in [0.15, 0.2) is 36.8 Å². The number of benzene rings is 1. The van der Waals surface area contributed by atoms with Crippen LogP contribution in [0.4, 0.5) is 0 Å². The van der Waals surface area contributed by atoms with Gasteiger partial charge in [-0.25, -0.2) is 4.98 Å². The van der Waals surface area contributed by atoms with Crippen LogP contribution in [-0.2, 0) is 17.6 Å². The van der Waals surface area contributed by atoms with Gasteiger partial charge < -0.3 is 20.6 Å². The second-order valence-electron chi connectivity index (χ2n) is 8.38. The Morgan fingerprint density at radius 2 is 2.06 bits per heavy atom. The summed E-state index contributed by atoms with van der Waals surface area (Å²) in [5.74, 6) is -0.505. The third kappa shape index (κ3) is 5.76. The van der Waals surface area contributed by atoms with Gasteiger partial charge in [-0.1, -0.05) is 32.9 Å².